The predicted octanol–water partition coefficient (Wildman–Crippen LogP) is -1.27. The number of hydrogen-bond donors (Lipinski definition) is 1. The zero-order valence-corrected chi connectivity index (χ0v) is 13.0. The molecule has 0 bridgehead atoms. The van der Waals surface area contributed by atoms with Crippen molar-refractivity contribution in [2.45, 2.75) is 42.7 Å². The normalized spacial score (nSPS) is 42.7. The van der Waals surface area contributed by atoms with E-state index in [4.69, 9.17) is 33.2 Å². The summed E-state index contributed by atoms with van der Waals surface area (Å²) in [5, 5.41) is 10.4. The Kier molecular flexibility index (Phi) is 5.12. The van der Waals surface area contributed by atoms with Gasteiger partial charge < -0.3 is 38.3 Å². The van der Waals surface area contributed by atoms with Gasteiger partial charge in [-0.1, -0.05) is 0 Å². The smallest absolute Gasteiger partial charge is 0.115 e. The zero-order valence-electron chi connectivity index (χ0n) is 13.0. The maximum absolute atomic E-state index is 10.4. The first-order valence-electron chi connectivity index (χ1n) is 8.25. The Morgan fingerprint density at radius 1 is 0.826 bits per heavy atom. The van der Waals surface area contributed by atoms with Crippen LogP contribution in [0.25, 0.3) is 0 Å². The van der Waals surface area contributed by atoms with Gasteiger partial charge in [0.05, 0.1) is 52.9 Å². The summed E-state index contributed by atoms with van der Waals surface area (Å²) >= 11 is 0. The van der Waals surface area contributed by atoms with Crippen LogP contribution in [-0.4, -0.2) is 101 Å². The van der Waals surface area contributed by atoms with Crippen molar-refractivity contribution in [3.63, 3.8) is 0 Å². The van der Waals surface area contributed by atoms with Crippen LogP contribution < -0.4 is 0 Å². The van der Waals surface area contributed by atoms with E-state index in [-0.39, 0.29) is 37.1 Å². The van der Waals surface area contributed by atoms with Crippen molar-refractivity contribution in [3.05, 3.63) is 0 Å². The molecule has 7 unspecified atom stereocenters. The molecule has 0 spiro atoms. The first-order chi connectivity index (χ1) is 11.3. The Hall–Kier alpha value is -0.320. The van der Waals surface area contributed by atoms with Gasteiger partial charge >= 0.3 is 0 Å². The van der Waals surface area contributed by atoms with Crippen molar-refractivity contribution < 1.29 is 38.3 Å². The van der Waals surface area contributed by atoms with E-state index in [0.717, 1.165) is 19.8 Å². The number of hydrogen-bond acceptors (Lipinski definition) is 8. The molecule has 1 N–H and O–H groups in total. The maximum Gasteiger partial charge on any atom is 0.115 e. The zero-order chi connectivity index (χ0) is 15.6. The van der Waals surface area contributed by atoms with Crippen LogP contribution in [0.4, 0.5) is 0 Å². The minimum Gasteiger partial charge on any atom is -0.388 e. The summed E-state index contributed by atoms with van der Waals surface area (Å²) in [4.78, 5) is 0. The lowest BCUT2D eigenvalue weighted by Gasteiger charge is -2.26. The van der Waals surface area contributed by atoms with Crippen molar-refractivity contribution >= 4 is 0 Å². The van der Waals surface area contributed by atoms with Gasteiger partial charge in [0.15, 0.2) is 0 Å². The van der Waals surface area contributed by atoms with E-state index in [2.05, 4.69) is 0 Å². The van der Waals surface area contributed by atoms with Gasteiger partial charge in [-0.3, -0.25) is 0 Å². The highest BCUT2D eigenvalue weighted by Gasteiger charge is 2.44. The molecule has 23 heavy (non-hydrogen) atoms. The number of aliphatic hydroxyl groups is 1. The van der Waals surface area contributed by atoms with Crippen LogP contribution in [-0.2, 0) is 33.2 Å². The van der Waals surface area contributed by atoms with Gasteiger partial charge in [0.2, 0.25) is 0 Å². The highest BCUT2D eigenvalue weighted by Crippen LogP contribution is 2.26. The Balaban J connectivity index is 1.26. The van der Waals surface area contributed by atoms with E-state index in [9.17, 15) is 5.11 Å². The third-order valence-electron chi connectivity index (χ3n) is 4.29. The Bertz CT molecular complexity index is 382. The molecule has 0 radical (unpaired) electrons. The van der Waals surface area contributed by atoms with Gasteiger partial charge in [-0.15, -0.1) is 0 Å². The lowest BCUT2D eigenvalue weighted by Crippen LogP contribution is -2.44. The lowest BCUT2D eigenvalue weighted by molar-refractivity contribution is -0.110. The second-order valence-corrected chi connectivity index (χ2v) is 6.44. The molecule has 0 saturated carbocycles. The van der Waals surface area contributed by atoms with E-state index >= 15 is 0 Å². The van der Waals surface area contributed by atoms with Crippen LogP contribution >= 0.6 is 0 Å². The summed E-state index contributed by atoms with van der Waals surface area (Å²) < 4.78 is 38.4. The molecular weight excluding hydrogens is 308 g/mol. The van der Waals surface area contributed by atoms with Crippen LogP contribution in [0.2, 0.25) is 0 Å². The largest absolute Gasteiger partial charge is 0.388 e. The van der Waals surface area contributed by atoms with Crippen molar-refractivity contribution in [2.75, 3.05) is 52.9 Å². The van der Waals surface area contributed by atoms with E-state index in [0.29, 0.717) is 26.4 Å². The van der Waals surface area contributed by atoms with E-state index in [1.165, 1.54) is 0 Å². The second-order valence-electron chi connectivity index (χ2n) is 6.44. The number of aliphatic hydroxyl groups excluding tert-OH is 1. The summed E-state index contributed by atoms with van der Waals surface area (Å²) in [5.74, 6) is 0. The fourth-order valence-corrected chi connectivity index (χ4v) is 2.64. The molecule has 8 nitrogen and oxygen atoms in total. The molecule has 4 fully saturated rings. The highest BCUT2D eigenvalue weighted by atomic mass is 16.6. The Morgan fingerprint density at radius 3 is 2.09 bits per heavy atom. The van der Waals surface area contributed by atoms with Gasteiger partial charge in [0.25, 0.3) is 0 Å². The molecule has 8 heteroatoms. The minimum atomic E-state index is -0.760. The van der Waals surface area contributed by atoms with E-state index in [1.807, 2.05) is 0 Å². The molecule has 0 aromatic carbocycles. The first-order valence-corrected chi connectivity index (χ1v) is 8.25. The van der Waals surface area contributed by atoms with Crippen molar-refractivity contribution in [1.29, 1.82) is 0 Å². The average molecular weight is 332 g/mol. The van der Waals surface area contributed by atoms with Gasteiger partial charge in [-0.2, -0.15) is 0 Å². The monoisotopic (exact) mass is 332 g/mol. The fourth-order valence-electron chi connectivity index (χ4n) is 2.64. The average Bonchev–Trinajstić information content (AvgIpc) is 3.40. The molecule has 4 aliphatic rings. The highest BCUT2D eigenvalue weighted by molar-refractivity contribution is 4.91. The summed E-state index contributed by atoms with van der Waals surface area (Å²) in [6.07, 6.45) is -1.22. The molecule has 4 heterocycles. The minimum absolute atomic E-state index is 0.157. The molecule has 132 valence electrons. The van der Waals surface area contributed by atoms with Crippen molar-refractivity contribution in [2.24, 2.45) is 0 Å². The summed E-state index contributed by atoms with van der Waals surface area (Å²) in [6, 6.07) is 0. The van der Waals surface area contributed by atoms with Crippen LogP contribution in [0, 0.1) is 0 Å². The fraction of sp³-hybridized carbons (Fsp3) is 1.00. The van der Waals surface area contributed by atoms with Gasteiger partial charge in [0, 0.05) is 0 Å². The molecule has 0 aliphatic carbocycles. The SMILES string of the molecule is OC(COCC1CO1)C1OCC(OCC2CO2)C1OCC1CO1. The van der Waals surface area contributed by atoms with Gasteiger partial charge in [0.1, 0.15) is 42.7 Å². The number of rotatable bonds is 11. The van der Waals surface area contributed by atoms with Crippen LogP contribution in [0.15, 0.2) is 0 Å². The molecule has 0 aromatic heterocycles. The summed E-state index contributed by atoms with van der Waals surface area (Å²) in [7, 11) is 0. The molecule has 7 atom stereocenters. The maximum atomic E-state index is 10.4. The standard InChI is InChI=1S/C15H24O8/c16-12(7-17-1-9-2-18-9)14-15(22-6-11-4-20-11)13(8-23-14)21-5-10-3-19-10/h9-16H,1-8H2. The molecule has 4 rings (SSSR count). The Morgan fingerprint density at radius 2 is 1.43 bits per heavy atom. The topological polar surface area (TPSA) is 94.7 Å². The van der Waals surface area contributed by atoms with Crippen molar-refractivity contribution in [1.82, 2.24) is 0 Å². The quantitative estimate of drug-likeness (QED) is 0.468. The van der Waals surface area contributed by atoms with Gasteiger partial charge in [-0.05, 0) is 0 Å². The summed E-state index contributed by atoms with van der Waals surface area (Å²) in [5.41, 5.74) is 0. The molecule has 0 amide bonds. The van der Waals surface area contributed by atoms with Crippen LogP contribution in [0.5, 0.6) is 0 Å². The van der Waals surface area contributed by atoms with Crippen molar-refractivity contribution in [3.8, 4) is 0 Å². The van der Waals surface area contributed by atoms with Gasteiger partial charge in [-0.25, -0.2) is 0 Å². The third-order valence-corrected chi connectivity index (χ3v) is 4.29. The molecule has 4 aliphatic heterocycles. The third kappa shape index (κ3) is 4.83. The second kappa shape index (κ2) is 7.28. The summed E-state index contributed by atoms with van der Waals surface area (Å²) in [6.45, 7) is 4.34. The van der Waals surface area contributed by atoms with Crippen LogP contribution in [0.1, 0.15) is 0 Å². The molecular formula is C15H24O8. The first kappa shape index (κ1) is 16.2. The van der Waals surface area contributed by atoms with E-state index < -0.39 is 12.2 Å². The number of ether oxygens (including phenoxy) is 7. The molecule has 0 aromatic rings. The number of epoxide rings is 3. The lowest BCUT2D eigenvalue weighted by atomic mass is 10.1. The Labute approximate surface area is 134 Å². The van der Waals surface area contributed by atoms with Crippen LogP contribution in [0.3, 0.4) is 0 Å². The van der Waals surface area contributed by atoms with E-state index in [1.54, 1.807) is 0 Å². The molecule has 4 saturated heterocycles. The predicted molar refractivity (Wildman–Crippen MR) is 75.3 cm³/mol.